The normalized spacial score (nSPS) is 14.5. The van der Waals surface area contributed by atoms with Crippen LogP contribution in [0.25, 0.3) is 11.1 Å². The second-order valence-electron chi connectivity index (χ2n) is 7.83. The molecule has 5 rings (SSSR count). The Morgan fingerprint density at radius 2 is 1.61 bits per heavy atom. The van der Waals surface area contributed by atoms with Gasteiger partial charge in [-0.15, -0.1) is 0 Å². The molecule has 0 spiro atoms. The summed E-state index contributed by atoms with van der Waals surface area (Å²) < 4.78 is 5.73. The maximum absolute atomic E-state index is 12.9. The topological polar surface area (TPSA) is 66.8 Å². The molecule has 0 fully saturated rings. The minimum absolute atomic E-state index is 0.0162. The number of hydrogen-bond acceptors (Lipinski definition) is 3. The molecule has 0 unspecified atom stereocenters. The number of hydrogen-bond donors (Lipinski definition) is 1. The Morgan fingerprint density at radius 1 is 0.968 bits per heavy atom. The van der Waals surface area contributed by atoms with Crippen molar-refractivity contribution in [2.45, 2.75) is 18.9 Å². The van der Waals surface area contributed by atoms with E-state index in [9.17, 15) is 14.7 Å². The number of halogens is 1. The molecule has 0 saturated carbocycles. The van der Waals surface area contributed by atoms with Crippen molar-refractivity contribution in [1.82, 2.24) is 4.90 Å². The summed E-state index contributed by atoms with van der Waals surface area (Å²) >= 11 is 6.26. The van der Waals surface area contributed by atoms with Crippen molar-refractivity contribution in [3.05, 3.63) is 93.5 Å². The summed E-state index contributed by atoms with van der Waals surface area (Å²) in [6.45, 7) is 0.845. The molecule has 0 atom stereocenters. The summed E-state index contributed by atoms with van der Waals surface area (Å²) in [4.78, 5) is 26.0. The second-order valence-corrected chi connectivity index (χ2v) is 8.24. The first-order chi connectivity index (χ1) is 15.0. The van der Waals surface area contributed by atoms with Crippen LogP contribution in [-0.4, -0.2) is 35.2 Å². The monoisotopic (exact) mass is 433 g/mol. The van der Waals surface area contributed by atoms with Crippen LogP contribution in [0.4, 0.5) is 4.79 Å². The summed E-state index contributed by atoms with van der Waals surface area (Å²) in [6.07, 6.45) is 0.0586. The van der Waals surface area contributed by atoms with Gasteiger partial charge in [0.25, 0.3) is 0 Å². The van der Waals surface area contributed by atoms with Crippen molar-refractivity contribution in [3.63, 3.8) is 0 Å². The third-order valence-electron chi connectivity index (χ3n) is 6.18. The van der Waals surface area contributed by atoms with Crippen molar-refractivity contribution < 1.29 is 19.4 Å². The van der Waals surface area contributed by atoms with Crippen molar-refractivity contribution in [2.24, 2.45) is 0 Å². The number of benzene rings is 3. The number of carbonyl (C=O) groups excluding carboxylic acids is 1. The number of carboxylic acid groups (broad SMARTS) is 1. The van der Waals surface area contributed by atoms with Gasteiger partial charge in [-0.1, -0.05) is 60.1 Å². The van der Waals surface area contributed by atoms with Gasteiger partial charge in [0.05, 0.1) is 12.1 Å². The van der Waals surface area contributed by atoms with E-state index < -0.39 is 12.1 Å². The summed E-state index contributed by atoms with van der Waals surface area (Å²) in [5.74, 6) is -1.04. The van der Waals surface area contributed by atoms with Gasteiger partial charge in [-0.2, -0.15) is 0 Å². The first-order valence-corrected chi connectivity index (χ1v) is 10.6. The first-order valence-electron chi connectivity index (χ1n) is 10.2. The zero-order valence-electron chi connectivity index (χ0n) is 16.7. The number of rotatable bonds is 3. The Balaban J connectivity index is 1.35. The van der Waals surface area contributed by atoms with Crippen molar-refractivity contribution >= 4 is 23.7 Å². The van der Waals surface area contributed by atoms with E-state index in [2.05, 4.69) is 24.3 Å². The zero-order chi connectivity index (χ0) is 21.5. The second kappa shape index (κ2) is 7.75. The fourth-order valence-electron chi connectivity index (χ4n) is 4.67. The van der Waals surface area contributed by atoms with E-state index in [0.717, 1.165) is 16.7 Å². The van der Waals surface area contributed by atoms with Crippen LogP contribution in [0.15, 0.2) is 60.7 Å². The highest BCUT2D eigenvalue weighted by Crippen LogP contribution is 2.44. The summed E-state index contributed by atoms with van der Waals surface area (Å²) in [5, 5.41) is 10.0. The van der Waals surface area contributed by atoms with Crippen molar-refractivity contribution in [2.75, 3.05) is 13.2 Å². The van der Waals surface area contributed by atoms with Crippen LogP contribution in [-0.2, 0) is 17.7 Å². The highest BCUT2D eigenvalue weighted by atomic mass is 35.5. The number of carboxylic acids is 1. The van der Waals surface area contributed by atoms with Gasteiger partial charge < -0.3 is 14.7 Å². The van der Waals surface area contributed by atoms with Crippen LogP contribution < -0.4 is 0 Å². The molecular weight excluding hydrogens is 414 g/mol. The zero-order valence-corrected chi connectivity index (χ0v) is 17.4. The van der Waals surface area contributed by atoms with E-state index in [0.29, 0.717) is 23.6 Å². The van der Waals surface area contributed by atoms with Gasteiger partial charge in [-0.05, 0) is 51.9 Å². The molecule has 1 N–H and O–H groups in total. The average Bonchev–Trinajstić information content (AvgIpc) is 3.11. The first kappa shape index (κ1) is 19.6. The van der Waals surface area contributed by atoms with Crippen molar-refractivity contribution in [3.8, 4) is 11.1 Å². The lowest BCUT2D eigenvalue weighted by atomic mass is 9.95. The van der Waals surface area contributed by atoms with E-state index in [1.54, 1.807) is 11.0 Å². The smallest absolute Gasteiger partial charge is 0.410 e. The summed E-state index contributed by atoms with van der Waals surface area (Å²) in [7, 11) is 0. The molecule has 6 heteroatoms. The van der Waals surface area contributed by atoms with Gasteiger partial charge in [0.15, 0.2) is 0 Å². The molecule has 2 aliphatic rings. The van der Waals surface area contributed by atoms with Gasteiger partial charge in [0.2, 0.25) is 0 Å². The maximum Gasteiger partial charge on any atom is 0.410 e. The summed E-state index contributed by atoms with van der Waals surface area (Å²) in [6, 6.07) is 19.5. The fraction of sp³-hybridized carbons (Fsp3) is 0.200. The standard InChI is InChI=1S/C25H20ClNO4/c26-23-10-9-20(24(28)29)21-13-27(12-11-19(21)23)25(30)31-14-22-17-7-3-1-5-15(17)16-6-2-4-8-18(16)22/h1-10,22H,11-14H2,(H,28,29). The number of nitrogens with zero attached hydrogens (tertiary/aromatic N) is 1. The number of ether oxygens (including phenoxy) is 1. The molecule has 0 bridgehead atoms. The van der Waals surface area contributed by atoms with Crippen LogP contribution in [0, 0.1) is 0 Å². The Morgan fingerprint density at radius 3 is 2.26 bits per heavy atom. The molecule has 5 nitrogen and oxygen atoms in total. The molecule has 1 aliphatic carbocycles. The Hall–Kier alpha value is -3.31. The molecule has 1 amide bonds. The maximum atomic E-state index is 12.9. The van der Waals surface area contributed by atoms with E-state index in [1.165, 1.54) is 17.2 Å². The lowest BCUT2D eigenvalue weighted by molar-refractivity contribution is 0.0689. The highest BCUT2D eigenvalue weighted by Gasteiger charge is 2.31. The third-order valence-corrected chi connectivity index (χ3v) is 6.53. The molecular formula is C25H20ClNO4. The van der Waals surface area contributed by atoms with Gasteiger partial charge in [0.1, 0.15) is 6.61 Å². The molecule has 1 heterocycles. The Bertz CT molecular complexity index is 1160. The molecule has 0 aromatic heterocycles. The third kappa shape index (κ3) is 3.35. The predicted molar refractivity (Wildman–Crippen MR) is 118 cm³/mol. The van der Waals surface area contributed by atoms with Crippen molar-refractivity contribution in [1.29, 1.82) is 0 Å². The molecule has 31 heavy (non-hydrogen) atoms. The molecule has 3 aromatic carbocycles. The number of aromatic carboxylic acids is 1. The van der Waals surface area contributed by atoms with E-state index in [-0.39, 0.29) is 24.6 Å². The lowest BCUT2D eigenvalue weighted by Crippen LogP contribution is -2.37. The van der Waals surface area contributed by atoms with Gasteiger partial charge >= 0.3 is 12.1 Å². The van der Waals surface area contributed by atoms with Crippen LogP contribution in [0.2, 0.25) is 5.02 Å². The highest BCUT2D eigenvalue weighted by molar-refractivity contribution is 6.31. The van der Waals surface area contributed by atoms with Gasteiger partial charge in [0, 0.05) is 17.5 Å². The number of amides is 1. The Labute approximate surface area is 184 Å². The predicted octanol–water partition coefficient (Wildman–Crippen LogP) is 5.35. The van der Waals surface area contributed by atoms with E-state index >= 15 is 0 Å². The molecule has 0 radical (unpaired) electrons. The number of carbonyl (C=O) groups is 2. The fourth-order valence-corrected chi connectivity index (χ4v) is 4.95. The van der Waals surface area contributed by atoms with Gasteiger partial charge in [-0.25, -0.2) is 9.59 Å². The Kier molecular flexibility index (Phi) is 4.91. The molecule has 1 aliphatic heterocycles. The SMILES string of the molecule is O=C(O)c1ccc(Cl)c2c1CN(C(=O)OCC1c3ccccc3-c3ccccc31)CC2. The average molecular weight is 434 g/mol. The van der Waals surface area contributed by atoms with E-state index in [4.69, 9.17) is 16.3 Å². The van der Waals surface area contributed by atoms with Crippen LogP contribution >= 0.6 is 11.6 Å². The van der Waals surface area contributed by atoms with Crippen LogP contribution in [0.5, 0.6) is 0 Å². The molecule has 156 valence electrons. The molecule has 0 saturated heterocycles. The van der Waals surface area contributed by atoms with Crippen LogP contribution in [0.3, 0.4) is 0 Å². The van der Waals surface area contributed by atoms with Gasteiger partial charge in [-0.3, -0.25) is 0 Å². The number of fused-ring (bicyclic) bond motifs is 4. The minimum atomic E-state index is -1.03. The largest absolute Gasteiger partial charge is 0.478 e. The lowest BCUT2D eigenvalue weighted by Gasteiger charge is -2.30. The molecule has 3 aromatic rings. The van der Waals surface area contributed by atoms with E-state index in [1.807, 2.05) is 24.3 Å². The quantitative estimate of drug-likeness (QED) is 0.605. The minimum Gasteiger partial charge on any atom is -0.478 e. The summed E-state index contributed by atoms with van der Waals surface area (Å²) in [5.41, 5.74) is 6.21. The van der Waals surface area contributed by atoms with Crippen LogP contribution in [0.1, 0.15) is 38.5 Å².